The summed E-state index contributed by atoms with van der Waals surface area (Å²) in [5.74, 6) is -0.518. The standard InChI is InChI=1S/C21H29ClN2O2S.C20H28ClN3O2S.C4H8O2.C2H6.2CH4/c1-20(2,14-25)19(26)24-15(7-8-16-9-10-18(22)27-16)13-17(23-24)21(3)11-5-4-6-12-21;1-19(2,13-25)18(26)24-14(5-6-15-7-8-17(21)27-15)11-16(23-24)20(3)9-4-10-22-12-20;1-3-6-4(2)5;1-2;;/h9-10,13,25H,4-8,11-12,14H2,1-3H3;7-8,11,22,25H,4-6,9-10,12-13H2,1-3H3;3H2,1-2H3;1-2H3;2*1H4. The lowest BCUT2D eigenvalue weighted by Gasteiger charge is -2.32. The van der Waals surface area contributed by atoms with Crippen LogP contribution in [0.4, 0.5) is 0 Å². The largest absolute Gasteiger partial charge is 0.466 e. The number of aromatic nitrogens is 4. The number of halogens is 2. The Hall–Kier alpha value is -2.91. The second-order valence-electron chi connectivity index (χ2n) is 17.9. The van der Waals surface area contributed by atoms with E-state index in [9.17, 15) is 24.6 Å². The van der Waals surface area contributed by atoms with Gasteiger partial charge in [-0.2, -0.15) is 10.2 Å². The van der Waals surface area contributed by atoms with E-state index in [4.69, 9.17) is 33.4 Å². The number of esters is 1. The van der Waals surface area contributed by atoms with Gasteiger partial charge >= 0.3 is 5.97 Å². The van der Waals surface area contributed by atoms with E-state index in [2.05, 4.69) is 36.0 Å². The molecule has 64 heavy (non-hydrogen) atoms. The summed E-state index contributed by atoms with van der Waals surface area (Å²) >= 11 is 15.2. The second kappa shape index (κ2) is 27.0. The molecule has 1 aliphatic heterocycles. The predicted octanol–water partition coefficient (Wildman–Crippen LogP) is 11.8. The van der Waals surface area contributed by atoms with Gasteiger partial charge in [0.05, 0.1) is 50.7 Å². The summed E-state index contributed by atoms with van der Waals surface area (Å²) in [5, 5.41) is 32.3. The number of aliphatic hydroxyl groups is 2. The molecule has 4 aromatic heterocycles. The van der Waals surface area contributed by atoms with Crippen molar-refractivity contribution >= 4 is 63.7 Å². The van der Waals surface area contributed by atoms with Crippen molar-refractivity contribution in [3.05, 3.63) is 77.6 Å². The first-order valence-corrected chi connectivity index (χ1v) is 24.5. The molecule has 6 rings (SSSR count). The molecule has 3 N–H and O–H groups in total. The second-order valence-corrected chi connectivity index (χ2v) is 21.5. The van der Waals surface area contributed by atoms with E-state index in [0.717, 1.165) is 89.5 Å². The SMILES string of the molecule is C.C.CC.CC(C)(CO)C(=O)n1nc(C2(C)CCCCC2)cc1CCc1ccc(Cl)s1.CC(C)(CO)C(=O)n1nc(C2(C)CCCNC2)cc1CCc1ccc(Cl)s1.CCOC(C)=O. The summed E-state index contributed by atoms with van der Waals surface area (Å²) in [5.41, 5.74) is 2.04. The zero-order valence-corrected chi connectivity index (χ0v) is 41.8. The van der Waals surface area contributed by atoms with Crippen LogP contribution < -0.4 is 5.32 Å². The number of hydrogen-bond donors (Lipinski definition) is 3. The summed E-state index contributed by atoms with van der Waals surface area (Å²) in [6, 6.07) is 12.1. The van der Waals surface area contributed by atoms with Gasteiger partial charge in [-0.25, -0.2) is 9.36 Å². The molecule has 2 aliphatic rings. The molecule has 1 unspecified atom stereocenters. The van der Waals surface area contributed by atoms with Crippen LogP contribution in [0, 0.1) is 10.8 Å². The van der Waals surface area contributed by atoms with Crippen LogP contribution in [0.1, 0.15) is 171 Å². The molecule has 0 amide bonds. The van der Waals surface area contributed by atoms with E-state index in [-0.39, 0.29) is 56.7 Å². The van der Waals surface area contributed by atoms with Crippen molar-refractivity contribution in [3.63, 3.8) is 0 Å². The fourth-order valence-corrected chi connectivity index (χ4v) is 9.56. The molecule has 1 saturated heterocycles. The molecule has 0 aromatic carbocycles. The molecule has 4 aromatic rings. The average Bonchev–Trinajstić information content (AvgIpc) is 4.08. The summed E-state index contributed by atoms with van der Waals surface area (Å²) in [6.45, 7) is 20.6. The van der Waals surface area contributed by atoms with Crippen LogP contribution in [0.3, 0.4) is 0 Å². The van der Waals surface area contributed by atoms with Crippen molar-refractivity contribution in [3.8, 4) is 0 Å². The van der Waals surface area contributed by atoms with Crippen molar-refractivity contribution in [2.24, 2.45) is 10.8 Å². The lowest BCUT2D eigenvalue weighted by Crippen LogP contribution is -2.41. The molecular weight excluding hydrogens is 890 g/mol. The Morgan fingerprint density at radius 2 is 1.16 bits per heavy atom. The summed E-state index contributed by atoms with van der Waals surface area (Å²) in [6.07, 6.45) is 11.1. The smallest absolute Gasteiger partial charge is 0.302 e. The highest BCUT2D eigenvalue weighted by atomic mass is 35.5. The minimum Gasteiger partial charge on any atom is -0.466 e. The zero-order valence-electron chi connectivity index (χ0n) is 38.7. The molecule has 15 heteroatoms. The third-order valence-corrected chi connectivity index (χ3v) is 14.1. The Balaban J connectivity index is 0.000000534. The Morgan fingerprint density at radius 3 is 1.48 bits per heavy atom. The molecule has 5 heterocycles. The van der Waals surface area contributed by atoms with Crippen LogP contribution in [0.5, 0.6) is 0 Å². The average molecular weight is 969 g/mol. The maximum Gasteiger partial charge on any atom is 0.302 e. The Morgan fingerprint density at radius 1 is 0.734 bits per heavy atom. The van der Waals surface area contributed by atoms with Gasteiger partial charge in [0.25, 0.3) is 11.8 Å². The van der Waals surface area contributed by atoms with Gasteiger partial charge in [0.1, 0.15) is 0 Å². The normalized spacial score (nSPS) is 16.8. The van der Waals surface area contributed by atoms with Crippen LogP contribution in [0.2, 0.25) is 8.67 Å². The maximum atomic E-state index is 13.1. The van der Waals surface area contributed by atoms with E-state index < -0.39 is 10.8 Å². The van der Waals surface area contributed by atoms with Gasteiger partial charge in [0.2, 0.25) is 0 Å². The van der Waals surface area contributed by atoms with Crippen LogP contribution >= 0.6 is 45.9 Å². The third-order valence-electron chi connectivity index (χ3n) is 11.6. The number of carbonyl (C=O) groups is 3. The highest BCUT2D eigenvalue weighted by Crippen LogP contribution is 2.39. The van der Waals surface area contributed by atoms with Gasteiger partial charge in [-0.05, 0) is 129 Å². The van der Waals surface area contributed by atoms with Crippen LogP contribution in [0.25, 0.3) is 0 Å². The van der Waals surface area contributed by atoms with Crippen molar-refractivity contribution in [1.29, 1.82) is 0 Å². The Kier molecular flexibility index (Phi) is 25.0. The Labute approximate surface area is 402 Å². The molecular formula is C49H79Cl2N5O6S2. The fourth-order valence-electron chi connectivity index (χ4n) is 7.39. The molecule has 0 spiro atoms. The lowest BCUT2D eigenvalue weighted by molar-refractivity contribution is -0.140. The number of aliphatic hydroxyl groups excluding tert-OH is 2. The first kappa shape index (κ1) is 59.1. The zero-order chi connectivity index (χ0) is 46.3. The molecule has 11 nitrogen and oxygen atoms in total. The predicted molar refractivity (Wildman–Crippen MR) is 268 cm³/mol. The number of carbonyl (C=O) groups excluding carboxylic acids is 3. The number of thiophene rings is 2. The van der Waals surface area contributed by atoms with Crippen molar-refractivity contribution < 1.29 is 29.3 Å². The number of nitrogens with one attached hydrogen (secondary N) is 1. The number of ether oxygens (including phenoxy) is 1. The van der Waals surface area contributed by atoms with Crippen molar-refractivity contribution in [2.45, 2.75) is 166 Å². The minimum absolute atomic E-state index is 0. The van der Waals surface area contributed by atoms with Gasteiger partial charge in [-0.15, -0.1) is 22.7 Å². The summed E-state index contributed by atoms with van der Waals surface area (Å²) in [4.78, 5) is 38.3. The van der Waals surface area contributed by atoms with Crippen LogP contribution in [-0.2, 0) is 46.0 Å². The van der Waals surface area contributed by atoms with Gasteiger partial charge < -0.3 is 20.3 Å². The number of rotatable bonds is 13. The number of nitrogens with zero attached hydrogens (tertiary/aromatic N) is 4. The Bertz CT molecular complexity index is 1890. The van der Waals surface area contributed by atoms with E-state index in [1.165, 1.54) is 40.6 Å². The topological polar surface area (TPSA) is 149 Å². The molecule has 2 fully saturated rings. The summed E-state index contributed by atoms with van der Waals surface area (Å²) < 4.78 is 9.05. The fraction of sp³-hybridized carbons (Fsp3) is 0.653. The quantitative estimate of drug-likeness (QED) is 0.111. The number of hydrogen-bond acceptors (Lipinski definition) is 11. The maximum absolute atomic E-state index is 13.1. The number of aryl methyl sites for hydroxylation is 4. The highest BCUT2D eigenvalue weighted by molar-refractivity contribution is 7.16. The lowest BCUT2D eigenvalue weighted by atomic mass is 9.73. The van der Waals surface area contributed by atoms with E-state index in [1.54, 1.807) is 62.0 Å². The van der Waals surface area contributed by atoms with E-state index >= 15 is 0 Å². The highest BCUT2D eigenvalue weighted by Gasteiger charge is 2.37. The van der Waals surface area contributed by atoms with Gasteiger partial charge in [0.15, 0.2) is 0 Å². The van der Waals surface area contributed by atoms with Gasteiger partial charge in [-0.1, -0.05) is 85.0 Å². The molecule has 362 valence electrons. The van der Waals surface area contributed by atoms with Gasteiger partial charge in [0, 0.05) is 45.4 Å². The molecule has 0 radical (unpaired) electrons. The molecule has 1 aliphatic carbocycles. The van der Waals surface area contributed by atoms with Crippen molar-refractivity contribution in [2.75, 3.05) is 32.9 Å². The van der Waals surface area contributed by atoms with Gasteiger partial charge in [-0.3, -0.25) is 14.4 Å². The van der Waals surface area contributed by atoms with Crippen LogP contribution in [0.15, 0.2) is 36.4 Å². The van der Waals surface area contributed by atoms with Crippen LogP contribution in [-0.4, -0.2) is 80.5 Å². The monoisotopic (exact) mass is 967 g/mol. The van der Waals surface area contributed by atoms with Crippen molar-refractivity contribution in [1.82, 2.24) is 24.9 Å². The first-order chi connectivity index (χ1) is 29.3. The third kappa shape index (κ3) is 16.5. The first-order valence-electron chi connectivity index (χ1n) is 22.1. The number of piperidine rings is 1. The van der Waals surface area contributed by atoms with E-state index in [0.29, 0.717) is 13.0 Å². The molecule has 1 atom stereocenters. The molecule has 0 bridgehead atoms. The minimum atomic E-state index is -0.865. The molecule has 1 saturated carbocycles. The van der Waals surface area contributed by atoms with E-state index in [1.807, 2.05) is 38.1 Å². The summed E-state index contributed by atoms with van der Waals surface area (Å²) in [7, 11) is 0.